The second-order valence-electron chi connectivity index (χ2n) is 3.89. The standard InChI is InChI=1S/C14H13ClFNO3S/c1-3-10(9-13(4-2)21(15,19)20)14(18)17-12-7-5-11(16)6-8-12/h3-9H,2H2,1H3,(H,17,18)/b10-3+,13-9+. The van der Waals surface area contributed by atoms with Crippen LogP contribution in [0, 0.1) is 5.82 Å². The Morgan fingerprint density at radius 2 is 1.90 bits per heavy atom. The Labute approximate surface area is 127 Å². The third kappa shape index (κ3) is 5.17. The summed E-state index contributed by atoms with van der Waals surface area (Å²) in [5.41, 5.74) is 0.460. The fourth-order valence-electron chi connectivity index (χ4n) is 1.40. The van der Waals surface area contributed by atoms with Crippen LogP contribution in [-0.2, 0) is 13.8 Å². The Bertz CT molecular complexity index is 706. The molecule has 4 nitrogen and oxygen atoms in total. The summed E-state index contributed by atoms with van der Waals surface area (Å²) in [4.78, 5) is 11.7. The summed E-state index contributed by atoms with van der Waals surface area (Å²) >= 11 is 0. The van der Waals surface area contributed by atoms with Gasteiger partial charge in [-0.2, -0.15) is 0 Å². The molecule has 0 bridgehead atoms. The summed E-state index contributed by atoms with van der Waals surface area (Å²) in [7, 11) is 1.23. The molecule has 0 saturated carbocycles. The molecule has 7 heteroatoms. The van der Waals surface area contributed by atoms with E-state index in [-0.39, 0.29) is 10.5 Å². The SMILES string of the molecule is C=C/C(=C\C(=C/C)C(=O)Nc1ccc(F)cc1)S(=O)(=O)Cl. The monoisotopic (exact) mass is 329 g/mol. The first kappa shape index (κ1) is 17.1. The first-order valence-electron chi connectivity index (χ1n) is 5.80. The lowest BCUT2D eigenvalue weighted by Crippen LogP contribution is -2.13. The van der Waals surface area contributed by atoms with E-state index in [1.165, 1.54) is 30.3 Å². The lowest BCUT2D eigenvalue weighted by Gasteiger charge is -2.06. The van der Waals surface area contributed by atoms with Crippen LogP contribution in [0.3, 0.4) is 0 Å². The summed E-state index contributed by atoms with van der Waals surface area (Å²) in [5, 5.41) is 2.51. The van der Waals surface area contributed by atoms with Gasteiger partial charge in [0.25, 0.3) is 15.0 Å². The van der Waals surface area contributed by atoms with Gasteiger partial charge in [0.05, 0.1) is 4.91 Å². The van der Waals surface area contributed by atoms with Crippen molar-refractivity contribution in [2.45, 2.75) is 6.92 Å². The van der Waals surface area contributed by atoms with Gasteiger partial charge in [0.2, 0.25) is 0 Å². The summed E-state index contributed by atoms with van der Waals surface area (Å²) < 4.78 is 35.3. The summed E-state index contributed by atoms with van der Waals surface area (Å²) in [6.45, 7) is 4.90. The minimum absolute atomic E-state index is 0.0819. The molecule has 0 saturated heterocycles. The molecule has 0 aromatic heterocycles. The molecule has 0 unspecified atom stereocenters. The molecule has 0 spiro atoms. The lowest BCUT2D eigenvalue weighted by atomic mass is 10.2. The van der Waals surface area contributed by atoms with Crippen molar-refractivity contribution in [2.24, 2.45) is 0 Å². The number of hydrogen-bond donors (Lipinski definition) is 1. The first-order chi connectivity index (χ1) is 9.77. The predicted molar refractivity (Wildman–Crippen MR) is 81.8 cm³/mol. The van der Waals surface area contributed by atoms with Gasteiger partial charge < -0.3 is 5.32 Å². The third-order valence-electron chi connectivity index (χ3n) is 2.46. The highest BCUT2D eigenvalue weighted by atomic mass is 35.7. The lowest BCUT2D eigenvalue weighted by molar-refractivity contribution is -0.112. The number of halogens is 2. The van der Waals surface area contributed by atoms with Crippen molar-refractivity contribution in [2.75, 3.05) is 5.32 Å². The number of allylic oxidation sites excluding steroid dienone is 2. The normalized spacial score (nSPS) is 12.9. The highest BCUT2D eigenvalue weighted by molar-refractivity contribution is 8.17. The maximum absolute atomic E-state index is 12.8. The van der Waals surface area contributed by atoms with E-state index in [4.69, 9.17) is 10.7 Å². The van der Waals surface area contributed by atoms with Crippen molar-refractivity contribution >= 4 is 31.3 Å². The van der Waals surface area contributed by atoms with Gasteiger partial charge in [0, 0.05) is 21.9 Å². The van der Waals surface area contributed by atoms with Crippen molar-refractivity contribution in [3.05, 3.63) is 65.4 Å². The van der Waals surface area contributed by atoms with Crippen LogP contribution >= 0.6 is 10.7 Å². The second kappa shape index (κ2) is 7.19. The fourth-order valence-corrected chi connectivity index (χ4v) is 2.19. The Balaban J connectivity index is 3.01. The molecule has 0 fully saturated rings. The Morgan fingerprint density at radius 3 is 2.33 bits per heavy atom. The van der Waals surface area contributed by atoms with E-state index in [1.54, 1.807) is 6.92 Å². The maximum atomic E-state index is 12.8. The van der Waals surface area contributed by atoms with Crippen LogP contribution in [0.5, 0.6) is 0 Å². The van der Waals surface area contributed by atoms with Crippen molar-refractivity contribution in [3.63, 3.8) is 0 Å². The average molecular weight is 330 g/mol. The van der Waals surface area contributed by atoms with Crippen LogP contribution in [0.15, 0.2) is 59.6 Å². The third-order valence-corrected chi connectivity index (χ3v) is 3.84. The Morgan fingerprint density at radius 1 is 1.33 bits per heavy atom. The molecule has 0 heterocycles. The Hall–Kier alpha value is -1.92. The first-order valence-corrected chi connectivity index (χ1v) is 8.11. The molecule has 1 aromatic carbocycles. The van der Waals surface area contributed by atoms with Gasteiger partial charge in [-0.3, -0.25) is 4.79 Å². The minimum atomic E-state index is -3.99. The molecule has 1 rings (SSSR count). The zero-order chi connectivity index (χ0) is 16.0. The number of nitrogens with one attached hydrogen (secondary N) is 1. The zero-order valence-electron chi connectivity index (χ0n) is 11.1. The molecule has 1 N–H and O–H groups in total. The van der Waals surface area contributed by atoms with Crippen LogP contribution in [-0.4, -0.2) is 14.3 Å². The van der Waals surface area contributed by atoms with Gasteiger partial charge in [0.15, 0.2) is 0 Å². The smallest absolute Gasteiger partial charge is 0.261 e. The molecule has 0 aliphatic heterocycles. The van der Waals surface area contributed by atoms with E-state index in [0.29, 0.717) is 5.69 Å². The fraction of sp³-hybridized carbons (Fsp3) is 0.0714. The average Bonchev–Trinajstić information content (AvgIpc) is 2.41. The molecule has 0 aliphatic rings. The van der Waals surface area contributed by atoms with Gasteiger partial charge >= 0.3 is 0 Å². The van der Waals surface area contributed by atoms with Gasteiger partial charge in [-0.25, -0.2) is 12.8 Å². The molecule has 0 aliphatic carbocycles. The highest BCUT2D eigenvalue weighted by Crippen LogP contribution is 2.17. The van der Waals surface area contributed by atoms with Crippen molar-refractivity contribution in [3.8, 4) is 0 Å². The van der Waals surface area contributed by atoms with Crippen LogP contribution in [0.25, 0.3) is 0 Å². The van der Waals surface area contributed by atoms with Crippen LogP contribution in [0.4, 0.5) is 10.1 Å². The van der Waals surface area contributed by atoms with Gasteiger partial charge in [0.1, 0.15) is 5.82 Å². The molecule has 0 atom stereocenters. The predicted octanol–water partition coefficient (Wildman–Crippen LogP) is 3.35. The molecule has 112 valence electrons. The molecule has 1 aromatic rings. The van der Waals surface area contributed by atoms with E-state index in [1.807, 2.05) is 0 Å². The molecular formula is C14H13ClFNO3S. The van der Waals surface area contributed by atoms with Crippen LogP contribution in [0.1, 0.15) is 6.92 Å². The summed E-state index contributed by atoms with van der Waals surface area (Å²) in [5.74, 6) is -0.981. The van der Waals surface area contributed by atoms with E-state index in [2.05, 4.69) is 11.9 Å². The largest absolute Gasteiger partial charge is 0.322 e. The quantitative estimate of drug-likeness (QED) is 0.512. The molecular weight excluding hydrogens is 317 g/mol. The van der Waals surface area contributed by atoms with Gasteiger partial charge in [-0.15, -0.1) is 0 Å². The van der Waals surface area contributed by atoms with Gasteiger partial charge in [-0.1, -0.05) is 12.7 Å². The van der Waals surface area contributed by atoms with E-state index in [9.17, 15) is 17.6 Å². The van der Waals surface area contributed by atoms with E-state index < -0.39 is 20.8 Å². The number of anilines is 1. The topological polar surface area (TPSA) is 63.2 Å². The Kier molecular flexibility index (Phi) is 5.87. The van der Waals surface area contributed by atoms with Gasteiger partial charge in [-0.05, 0) is 43.3 Å². The molecule has 1 amide bonds. The van der Waals surface area contributed by atoms with Crippen molar-refractivity contribution < 1.29 is 17.6 Å². The summed E-state index contributed by atoms with van der Waals surface area (Å²) in [6, 6.07) is 5.16. The minimum Gasteiger partial charge on any atom is -0.322 e. The van der Waals surface area contributed by atoms with Crippen molar-refractivity contribution in [1.82, 2.24) is 0 Å². The second-order valence-corrected chi connectivity index (χ2v) is 6.46. The van der Waals surface area contributed by atoms with E-state index >= 15 is 0 Å². The maximum Gasteiger partial charge on any atom is 0.261 e. The molecule has 21 heavy (non-hydrogen) atoms. The number of hydrogen-bond acceptors (Lipinski definition) is 3. The van der Waals surface area contributed by atoms with E-state index in [0.717, 1.165) is 12.2 Å². The van der Waals surface area contributed by atoms with Crippen LogP contribution < -0.4 is 5.32 Å². The highest BCUT2D eigenvalue weighted by Gasteiger charge is 2.14. The number of carbonyl (C=O) groups excluding carboxylic acids is 1. The number of carbonyl (C=O) groups is 1. The number of benzene rings is 1. The molecule has 0 radical (unpaired) electrons. The number of amides is 1. The number of rotatable bonds is 5. The van der Waals surface area contributed by atoms with Crippen LogP contribution in [0.2, 0.25) is 0 Å². The summed E-state index contributed by atoms with van der Waals surface area (Å²) in [6.07, 6.45) is 3.57. The zero-order valence-corrected chi connectivity index (χ0v) is 12.7. The van der Waals surface area contributed by atoms with Crippen molar-refractivity contribution in [1.29, 1.82) is 0 Å².